The molecule has 2 aromatic rings. The van der Waals surface area contributed by atoms with E-state index in [2.05, 4.69) is 16.4 Å². The van der Waals surface area contributed by atoms with Gasteiger partial charge in [-0.05, 0) is 36.6 Å². The fourth-order valence-electron chi connectivity index (χ4n) is 2.93. The quantitative estimate of drug-likeness (QED) is 0.879. The molecule has 0 aliphatic heterocycles. The van der Waals surface area contributed by atoms with Gasteiger partial charge in [0.05, 0.1) is 7.11 Å². The number of benzene rings is 1. The third-order valence-corrected chi connectivity index (χ3v) is 4.20. The summed E-state index contributed by atoms with van der Waals surface area (Å²) in [6.07, 6.45) is 9.60. The number of rotatable bonds is 5. The number of anilines is 1. The van der Waals surface area contributed by atoms with Crippen molar-refractivity contribution in [2.45, 2.75) is 38.1 Å². The maximum Gasteiger partial charge on any atom is 0.232 e. The zero-order valence-corrected chi connectivity index (χ0v) is 13.8. The van der Waals surface area contributed by atoms with Crippen LogP contribution in [0.2, 0.25) is 0 Å². The summed E-state index contributed by atoms with van der Waals surface area (Å²) in [5.74, 6) is 1.70. The molecular formula is C19H21N3O2. The van der Waals surface area contributed by atoms with E-state index in [1.165, 1.54) is 19.3 Å². The molecule has 0 saturated heterocycles. The highest BCUT2D eigenvalue weighted by atomic mass is 16.5. The Morgan fingerprint density at radius 2 is 2.12 bits per heavy atom. The highest BCUT2D eigenvalue weighted by Gasteiger charge is 2.18. The predicted molar refractivity (Wildman–Crippen MR) is 93.6 cm³/mol. The van der Waals surface area contributed by atoms with Gasteiger partial charge in [-0.25, -0.2) is 0 Å². The monoisotopic (exact) mass is 323 g/mol. The van der Waals surface area contributed by atoms with Crippen LogP contribution >= 0.6 is 0 Å². The molecule has 1 saturated carbocycles. The summed E-state index contributed by atoms with van der Waals surface area (Å²) in [4.78, 5) is 4.24. The summed E-state index contributed by atoms with van der Waals surface area (Å²) < 4.78 is 10.9. The maximum absolute atomic E-state index is 9.26. The maximum atomic E-state index is 9.26. The number of aromatic nitrogens is 1. The summed E-state index contributed by atoms with van der Waals surface area (Å²) in [5.41, 5.74) is 1.29. The van der Waals surface area contributed by atoms with Crippen LogP contribution in [0, 0.1) is 11.3 Å². The second kappa shape index (κ2) is 7.69. The molecule has 1 heterocycles. The number of hydrogen-bond donors (Lipinski definition) is 1. The van der Waals surface area contributed by atoms with E-state index in [1.807, 2.05) is 30.3 Å². The van der Waals surface area contributed by atoms with Gasteiger partial charge in [-0.1, -0.05) is 31.4 Å². The van der Waals surface area contributed by atoms with E-state index in [-0.39, 0.29) is 0 Å². The van der Waals surface area contributed by atoms with Crippen LogP contribution in [-0.4, -0.2) is 18.1 Å². The molecule has 0 bridgehead atoms. The average Bonchev–Trinajstić information content (AvgIpc) is 3.03. The van der Waals surface area contributed by atoms with Crippen molar-refractivity contribution < 1.29 is 9.15 Å². The van der Waals surface area contributed by atoms with E-state index in [0.717, 1.165) is 24.2 Å². The van der Waals surface area contributed by atoms with Crippen LogP contribution in [0.3, 0.4) is 0 Å². The molecule has 0 atom stereocenters. The minimum Gasteiger partial charge on any atom is -0.497 e. The second-order valence-corrected chi connectivity index (χ2v) is 5.93. The molecule has 1 aromatic carbocycles. The third-order valence-electron chi connectivity index (χ3n) is 4.20. The van der Waals surface area contributed by atoms with Gasteiger partial charge in [0.25, 0.3) is 0 Å². The van der Waals surface area contributed by atoms with E-state index in [9.17, 15) is 5.26 Å². The first kappa shape index (κ1) is 16.1. The lowest BCUT2D eigenvalue weighted by atomic mass is 9.95. The second-order valence-electron chi connectivity index (χ2n) is 5.93. The fourth-order valence-corrected chi connectivity index (χ4v) is 2.93. The Balaban J connectivity index is 1.74. The largest absolute Gasteiger partial charge is 0.497 e. The van der Waals surface area contributed by atoms with E-state index in [4.69, 9.17) is 9.15 Å². The molecule has 5 nitrogen and oxygen atoms in total. The van der Waals surface area contributed by atoms with Gasteiger partial charge in [0.15, 0.2) is 0 Å². The molecule has 0 radical (unpaired) electrons. The first-order valence-corrected chi connectivity index (χ1v) is 8.28. The Hall–Kier alpha value is -2.74. The van der Waals surface area contributed by atoms with Gasteiger partial charge in [-0.2, -0.15) is 10.2 Å². The molecule has 24 heavy (non-hydrogen) atoms. The highest BCUT2D eigenvalue weighted by Crippen LogP contribution is 2.25. The zero-order valence-electron chi connectivity index (χ0n) is 13.8. The Morgan fingerprint density at radius 3 is 2.88 bits per heavy atom. The van der Waals surface area contributed by atoms with Gasteiger partial charge in [0.1, 0.15) is 11.8 Å². The Morgan fingerprint density at radius 1 is 1.29 bits per heavy atom. The number of nitrogens with zero attached hydrogens (tertiary/aromatic N) is 2. The summed E-state index contributed by atoms with van der Waals surface area (Å²) in [6.45, 7) is 0. The molecule has 0 spiro atoms. The van der Waals surface area contributed by atoms with Gasteiger partial charge in [-0.3, -0.25) is 0 Å². The normalized spacial score (nSPS) is 15.3. The van der Waals surface area contributed by atoms with Crippen LogP contribution in [0.25, 0.3) is 12.2 Å². The highest BCUT2D eigenvalue weighted by molar-refractivity contribution is 5.67. The first-order chi connectivity index (χ1) is 11.8. The van der Waals surface area contributed by atoms with Crippen molar-refractivity contribution in [3.8, 4) is 11.8 Å². The van der Waals surface area contributed by atoms with Gasteiger partial charge in [0, 0.05) is 12.1 Å². The summed E-state index contributed by atoms with van der Waals surface area (Å²) >= 11 is 0. The number of nitriles is 1. The standard InChI is InChI=1S/C19H21N3O2/c1-23-16-9-5-6-14(12-16)10-11-18-22-17(13-20)19(24-18)21-15-7-3-2-4-8-15/h5-6,9-12,15,21H,2-4,7-8H2,1H3/b11-10+. The number of hydrogen-bond acceptors (Lipinski definition) is 5. The van der Waals surface area contributed by atoms with Crippen LogP contribution in [-0.2, 0) is 0 Å². The van der Waals surface area contributed by atoms with Gasteiger partial charge >= 0.3 is 0 Å². The summed E-state index contributed by atoms with van der Waals surface area (Å²) in [5, 5.41) is 12.6. The number of oxazole rings is 1. The Labute approximate surface area is 142 Å². The minimum absolute atomic E-state index is 0.311. The van der Waals surface area contributed by atoms with Crippen LogP contribution in [0.15, 0.2) is 28.7 Å². The van der Waals surface area contributed by atoms with Crippen molar-refractivity contribution in [1.82, 2.24) is 4.98 Å². The number of nitrogens with one attached hydrogen (secondary N) is 1. The minimum atomic E-state index is 0.311. The van der Waals surface area contributed by atoms with Crippen molar-refractivity contribution in [2.75, 3.05) is 12.4 Å². The fraction of sp³-hybridized carbons (Fsp3) is 0.368. The third kappa shape index (κ3) is 3.96. The molecule has 124 valence electrons. The lowest BCUT2D eigenvalue weighted by Crippen LogP contribution is -2.22. The molecule has 5 heteroatoms. The first-order valence-electron chi connectivity index (χ1n) is 8.28. The van der Waals surface area contributed by atoms with Crippen molar-refractivity contribution in [1.29, 1.82) is 5.26 Å². The van der Waals surface area contributed by atoms with Gasteiger partial charge in [-0.15, -0.1) is 0 Å². The van der Waals surface area contributed by atoms with Crippen molar-refractivity contribution in [3.63, 3.8) is 0 Å². The molecule has 1 aliphatic carbocycles. The van der Waals surface area contributed by atoms with Crippen LogP contribution in [0.5, 0.6) is 5.75 Å². The smallest absolute Gasteiger partial charge is 0.232 e. The lowest BCUT2D eigenvalue weighted by molar-refractivity contribution is 0.414. The van der Waals surface area contributed by atoms with Crippen LogP contribution < -0.4 is 10.1 Å². The molecule has 0 unspecified atom stereocenters. The van der Waals surface area contributed by atoms with E-state index < -0.39 is 0 Å². The molecule has 1 aromatic heterocycles. The lowest BCUT2D eigenvalue weighted by Gasteiger charge is -2.22. The van der Waals surface area contributed by atoms with Gasteiger partial charge in [0.2, 0.25) is 17.5 Å². The van der Waals surface area contributed by atoms with E-state index >= 15 is 0 Å². The Kier molecular flexibility index (Phi) is 5.17. The summed E-state index contributed by atoms with van der Waals surface area (Å²) in [6, 6.07) is 10.2. The van der Waals surface area contributed by atoms with Crippen molar-refractivity contribution in [2.24, 2.45) is 0 Å². The summed E-state index contributed by atoms with van der Waals surface area (Å²) in [7, 11) is 1.64. The topological polar surface area (TPSA) is 71.1 Å². The van der Waals surface area contributed by atoms with Crippen LogP contribution in [0.1, 0.15) is 49.3 Å². The molecule has 3 rings (SSSR count). The number of methoxy groups -OCH3 is 1. The Bertz CT molecular complexity index is 752. The zero-order chi connectivity index (χ0) is 16.8. The molecule has 1 fully saturated rings. The molecule has 0 amide bonds. The van der Waals surface area contributed by atoms with Crippen molar-refractivity contribution in [3.05, 3.63) is 41.4 Å². The SMILES string of the molecule is COc1cccc(/C=C/c2nc(C#N)c(NC3CCCCC3)o2)c1. The molecule has 1 aliphatic rings. The molecular weight excluding hydrogens is 302 g/mol. The number of ether oxygens (including phenoxy) is 1. The van der Waals surface area contributed by atoms with E-state index in [1.54, 1.807) is 13.2 Å². The molecule has 1 N–H and O–H groups in total. The van der Waals surface area contributed by atoms with Crippen molar-refractivity contribution >= 4 is 18.0 Å². The van der Waals surface area contributed by atoms with Gasteiger partial charge < -0.3 is 14.5 Å². The van der Waals surface area contributed by atoms with Crippen LogP contribution in [0.4, 0.5) is 5.88 Å². The average molecular weight is 323 g/mol. The van der Waals surface area contributed by atoms with E-state index in [0.29, 0.717) is 23.5 Å². The predicted octanol–water partition coefficient (Wildman–Crippen LogP) is 4.47.